The minimum absolute atomic E-state index is 0.182. The highest BCUT2D eigenvalue weighted by Gasteiger charge is 2.37. The number of ether oxygens (including phenoxy) is 3. The molecule has 3 aromatic carbocycles. The molecule has 240 valence electrons. The van der Waals surface area contributed by atoms with Gasteiger partial charge in [-0.3, -0.25) is 4.79 Å². The van der Waals surface area contributed by atoms with Gasteiger partial charge in [0.15, 0.2) is 17.7 Å². The van der Waals surface area contributed by atoms with E-state index in [4.69, 9.17) is 14.2 Å². The fraction of sp³-hybridized carbons (Fsp3) is 0.459. The van der Waals surface area contributed by atoms with E-state index in [2.05, 4.69) is 0 Å². The van der Waals surface area contributed by atoms with Crippen LogP contribution >= 0.6 is 0 Å². The fourth-order valence-corrected chi connectivity index (χ4v) is 6.70. The molecule has 0 fully saturated rings. The van der Waals surface area contributed by atoms with E-state index in [1.54, 1.807) is 30.9 Å². The largest absolute Gasteiger partial charge is 0.490 e. The number of rotatable bonds is 6. The van der Waals surface area contributed by atoms with E-state index in [0.717, 1.165) is 39.8 Å². The molecule has 8 heteroatoms. The molecule has 0 saturated carbocycles. The summed E-state index contributed by atoms with van der Waals surface area (Å²) in [6.45, 7) is 16.3. The first-order valence-corrected chi connectivity index (χ1v) is 15.7. The van der Waals surface area contributed by atoms with Gasteiger partial charge in [0.05, 0.1) is 18.8 Å². The molecule has 3 aromatic rings. The van der Waals surface area contributed by atoms with Crippen molar-refractivity contribution in [2.75, 3.05) is 19.8 Å². The van der Waals surface area contributed by atoms with Gasteiger partial charge in [-0.05, 0) is 137 Å². The van der Waals surface area contributed by atoms with E-state index < -0.39 is 29.3 Å². The highest BCUT2D eigenvalue weighted by atomic mass is 19.1. The lowest BCUT2D eigenvalue weighted by molar-refractivity contribution is -0.166. The lowest BCUT2D eigenvalue weighted by Gasteiger charge is -2.36. The number of carbonyl (C=O) groups is 2. The third-order valence-corrected chi connectivity index (χ3v) is 8.94. The van der Waals surface area contributed by atoms with E-state index in [-0.39, 0.29) is 18.3 Å². The lowest BCUT2D eigenvalue weighted by atomic mass is 9.78. The highest BCUT2D eigenvalue weighted by molar-refractivity contribution is 5.95. The van der Waals surface area contributed by atoms with Gasteiger partial charge >= 0.3 is 5.97 Å². The Hall–Kier alpha value is -3.78. The quantitative estimate of drug-likeness (QED) is 0.264. The second kappa shape index (κ2) is 12.5. The van der Waals surface area contributed by atoms with Crippen LogP contribution in [0.5, 0.6) is 5.75 Å². The normalized spacial score (nSPS) is 15.2. The fourth-order valence-electron chi connectivity index (χ4n) is 6.70. The summed E-state index contributed by atoms with van der Waals surface area (Å²) in [5, 5.41) is 0. The van der Waals surface area contributed by atoms with Gasteiger partial charge in [0.1, 0.15) is 5.82 Å². The average Bonchev–Trinajstić information content (AvgIpc) is 3.00. The SMILES string of the molecule is CCOC(=O)[C@@H](OC(C)(C)C)c1c(C)c2c(c(C)c1-c1cc(F)c3c(c1C)CCCO3)CN(C(=O)c1ccc(C)c(F)c1)CC2. The van der Waals surface area contributed by atoms with Gasteiger partial charge in [0.25, 0.3) is 5.91 Å². The summed E-state index contributed by atoms with van der Waals surface area (Å²) in [6.07, 6.45) is 0.931. The zero-order chi connectivity index (χ0) is 32.8. The summed E-state index contributed by atoms with van der Waals surface area (Å²) in [6, 6.07) is 6.05. The van der Waals surface area contributed by atoms with E-state index in [1.807, 2.05) is 41.5 Å². The molecule has 0 aliphatic carbocycles. The zero-order valence-corrected chi connectivity index (χ0v) is 27.6. The Labute approximate surface area is 264 Å². The summed E-state index contributed by atoms with van der Waals surface area (Å²) >= 11 is 0. The molecule has 0 unspecified atom stereocenters. The van der Waals surface area contributed by atoms with E-state index in [0.29, 0.717) is 60.4 Å². The smallest absolute Gasteiger partial charge is 0.339 e. The Kier molecular flexibility index (Phi) is 9.09. The summed E-state index contributed by atoms with van der Waals surface area (Å²) in [4.78, 5) is 29.0. The first-order valence-electron chi connectivity index (χ1n) is 15.7. The van der Waals surface area contributed by atoms with Gasteiger partial charge in [-0.25, -0.2) is 13.6 Å². The molecule has 2 aliphatic rings. The number of carbonyl (C=O) groups excluding carboxylic acids is 2. The zero-order valence-electron chi connectivity index (χ0n) is 27.6. The number of fused-ring (bicyclic) bond motifs is 2. The van der Waals surface area contributed by atoms with Crippen molar-refractivity contribution in [1.82, 2.24) is 4.90 Å². The molecule has 1 amide bonds. The molecule has 45 heavy (non-hydrogen) atoms. The summed E-state index contributed by atoms with van der Waals surface area (Å²) in [5.41, 5.74) is 7.45. The minimum Gasteiger partial charge on any atom is -0.490 e. The minimum atomic E-state index is -1.06. The number of aryl methyl sites for hydroxylation is 1. The van der Waals surface area contributed by atoms with Crippen LogP contribution in [0, 0.1) is 39.3 Å². The predicted molar refractivity (Wildman–Crippen MR) is 170 cm³/mol. The maximum Gasteiger partial charge on any atom is 0.339 e. The van der Waals surface area contributed by atoms with Crippen molar-refractivity contribution in [1.29, 1.82) is 0 Å². The Balaban J connectivity index is 1.74. The molecule has 0 radical (unpaired) electrons. The van der Waals surface area contributed by atoms with E-state index in [9.17, 15) is 14.0 Å². The molecule has 0 N–H and O–H groups in total. The molecule has 2 heterocycles. The average molecular weight is 620 g/mol. The molecule has 6 nitrogen and oxygen atoms in total. The van der Waals surface area contributed by atoms with Crippen molar-refractivity contribution in [3.63, 3.8) is 0 Å². The van der Waals surface area contributed by atoms with Crippen LogP contribution in [0.3, 0.4) is 0 Å². The van der Waals surface area contributed by atoms with Crippen LogP contribution in [-0.2, 0) is 33.7 Å². The first-order chi connectivity index (χ1) is 21.2. The monoisotopic (exact) mass is 619 g/mol. The van der Waals surface area contributed by atoms with Crippen molar-refractivity contribution in [3.8, 4) is 16.9 Å². The molecule has 0 saturated heterocycles. The van der Waals surface area contributed by atoms with Crippen molar-refractivity contribution in [2.45, 2.75) is 92.9 Å². The molecule has 0 bridgehead atoms. The summed E-state index contributed by atoms with van der Waals surface area (Å²) in [5.74, 6) is -1.35. The molecule has 0 spiro atoms. The van der Waals surface area contributed by atoms with Crippen LogP contribution in [0.25, 0.3) is 11.1 Å². The molecule has 1 atom stereocenters. The Morgan fingerprint density at radius 2 is 1.69 bits per heavy atom. The van der Waals surface area contributed by atoms with Crippen LogP contribution in [0.2, 0.25) is 0 Å². The number of esters is 1. The predicted octanol–water partition coefficient (Wildman–Crippen LogP) is 7.81. The van der Waals surface area contributed by atoms with Gasteiger partial charge in [-0.15, -0.1) is 0 Å². The molecule has 2 aliphatic heterocycles. The number of hydrogen-bond acceptors (Lipinski definition) is 5. The van der Waals surface area contributed by atoms with Crippen molar-refractivity contribution in [2.24, 2.45) is 0 Å². The topological polar surface area (TPSA) is 65.1 Å². The second-order valence-corrected chi connectivity index (χ2v) is 13.1. The van der Waals surface area contributed by atoms with E-state index >= 15 is 4.39 Å². The van der Waals surface area contributed by atoms with Crippen LogP contribution in [0.4, 0.5) is 8.78 Å². The number of nitrogens with zero attached hydrogens (tertiary/aromatic N) is 1. The van der Waals surface area contributed by atoms with E-state index in [1.165, 1.54) is 12.1 Å². The van der Waals surface area contributed by atoms with Gasteiger partial charge in [-0.1, -0.05) is 6.07 Å². The summed E-state index contributed by atoms with van der Waals surface area (Å²) < 4.78 is 47.9. The van der Waals surface area contributed by atoms with Gasteiger partial charge in [0.2, 0.25) is 0 Å². The van der Waals surface area contributed by atoms with Gasteiger partial charge in [-0.2, -0.15) is 0 Å². The van der Waals surface area contributed by atoms with Gasteiger partial charge in [0, 0.05) is 29.8 Å². The van der Waals surface area contributed by atoms with Crippen molar-refractivity contribution >= 4 is 11.9 Å². The molecule has 5 rings (SSSR count). The standard InChI is InChI=1S/C37H43F2NO5/c1-9-43-36(42)34(45-37(6,7)8)32-22(4)25-14-15-40(35(41)24-13-12-20(2)29(38)17-24)19-28(25)23(5)31(32)27-18-30(39)33-26(21(27)3)11-10-16-44-33/h12-13,17-18,34H,9-11,14-16,19H2,1-8H3/t34-/m0/s1. The molecular formula is C37H43F2NO5. The number of hydrogen-bond donors (Lipinski definition) is 0. The Morgan fingerprint density at radius 1 is 0.956 bits per heavy atom. The van der Waals surface area contributed by atoms with Crippen LogP contribution < -0.4 is 4.74 Å². The molecular weight excluding hydrogens is 576 g/mol. The third-order valence-electron chi connectivity index (χ3n) is 8.94. The lowest BCUT2D eigenvalue weighted by Crippen LogP contribution is -2.37. The maximum absolute atomic E-state index is 15.7. The third kappa shape index (κ3) is 6.22. The number of halogens is 2. The van der Waals surface area contributed by atoms with Crippen molar-refractivity contribution in [3.05, 3.63) is 86.0 Å². The second-order valence-electron chi connectivity index (χ2n) is 13.1. The Bertz CT molecular complexity index is 1670. The van der Waals surface area contributed by atoms with Crippen LogP contribution in [0.15, 0.2) is 24.3 Å². The maximum atomic E-state index is 15.7. The van der Waals surface area contributed by atoms with Gasteiger partial charge < -0.3 is 19.1 Å². The van der Waals surface area contributed by atoms with Crippen LogP contribution in [-0.4, -0.2) is 42.1 Å². The van der Waals surface area contributed by atoms with Crippen LogP contribution in [0.1, 0.15) is 95.1 Å². The summed E-state index contributed by atoms with van der Waals surface area (Å²) in [7, 11) is 0. The molecule has 0 aromatic heterocycles. The highest BCUT2D eigenvalue weighted by Crippen LogP contribution is 2.46. The number of benzene rings is 3. The first kappa shape index (κ1) is 32.6. The number of amides is 1. The Morgan fingerprint density at radius 3 is 2.36 bits per heavy atom. The van der Waals surface area contributed by atoms with Crippen molar-refractivity contribution < 1.29 is 32.6 Å².